The zero-order chi connectivity index (χ0) is 29.6. The van der Waals surface area contributed by atoms with Crippen molar-refractivity contribution < 1.29 is 47.2 Å². The number of carbonyl (C=O) groups excluding carboxylic acids is 1. The molecule has 3 N–H and O–H groups in total. The van der Waals surface area contributed by atoms with Crippen LogP contribution in [0.5, 0.6) is 11.5 Å². The van der Waals surface area contributed by atoms with Crippen molar-refractivity contribution in [1.82, 2.24) is 4.90 Å². The molecule has 1 saturated heterocycles. The van der Waals surface area contributed by atoms with Crippen LogP contribution in [0.15, 0.2) is 66.7 Å². The van der Waals surface area contributed by atoms with Gasteiger partial charge in [-0.05, 0) is 48.0 Å². The molecule has 2 heterocycles. The number of carboxylic acid groups (broad SMARTS) is 2. The van der Waals surface area contributed by atoms with Crippen LogP contribution < -0.4 is 19.7 Å². The molecular formula is C28H26F3N3O7. The number of aliphatic carboxylic acids is 1. The molecule has 0 bridgehead atoms. The third-order valence-electron chi connectivity index (χ3n) is 6.32. The van der Waals surface area contributed by atoms with E-state index in [0.717, 1.165) is 36.7 Å². The van der Waals surface area contributed by atoms with Crippen LogP contribution in [0.2, 0.25) is 0 Å². The Balaban J connectivity index is 0.000000493. The Morgan fingerprint density at radius 1 is 0.854 bits per heavy atom. The Kier molecular flexibility index (Phi) is 8.97. The molecular weight excluding hydrogens is 547 g/mol. The first kappa shape index (κ1) is 29.2. The molecule has 13 heteroatoms. The van der Waals surface area contributed by atoms with Gasteiger partial charge in [0.25, 0.3) is 5.91 Å². The zero-order valence-electron chi connectivity index (χ0n) is 21.6. The van der Waals surface area contributed by atoms with E-state index in [-0.39, 0.29) is 18.3 Å². The maximum absolute atomic E-state index is 12.4. The molecule has 2 aliphatic heterocycles. The molecule has 216 valence electrons. The number of rotatable bonds is 6. The summed E-state index contributed by atoms with van der Waals surface area (Å²) in [4.78, 5) is 37.8. The number of halogens is 3. The van der Waals surface area contributed by atoms with Gasteiger partial charge in [0.2, 0.25) is 6.79 Å². The Morgan fingerprint density at radius 2 is 1.51 bits per heavy atom. The lowest BCUT2D eigenvalue weighted by atomic mass is 10.1. The van der Waals surface area contributed by atoms with Crippen molar-refractivity contribution in [2.45, 2.75) is 12.7 Å². The summed E-state index contributed by atoms with van der Waals surface area (Å²) in [5.41, 5.74) is 2.96. The highest BCUT2D eigenvalue weighted by atomic mass is 19.4. The van der Waals surface area contributed by atoms with E-state index in [1.54, 1.807) is 36.4 Å². The highest BCUT2D eigenvalue weighted by Crippen LogP contribution is 2.33. The van der Waals surface area contributed by atoms with Crippen LogP contribution in [0, 0.1) is 0 Å². The minimum atomic E-state index is -5.08. The summed E-state index contributed by atoms with van der Waals surface area (Å²) in [6, 6.07) is 19.9. The van der Waals surface area contributed by atoms with Gasteiger partial charge in [-0.15, -0.1) is 0 Å². The lowest BCUT2D eigenvalue weighted by Gasteiger charge is -2.36. The second-order valence-corrected chi connectivity index (χ2v) is 9.11. The molecule has 0 spiro atoms. The molecule has 2 aliphatic rings. The van der Waals surface area contributed by atoms with Crippen molar-refractivity contribution >= 4 is 29.2 Å². The van der Waals surface area contributed by atoms with Gasteiger partial charge in [-0.1, -0.05) is 24.3 Å². The van der Waals surface area contributed by atoms with Crippen LogP contribution in [-0.2, 0) is 11.3 Å². The van der Waals surface area contributed by atoms with Crippen LogP contribution in [0.4, 0.5) is 24.5 Å². The van der Waals surface area contributed by atoms with E-state index in [9.17, 15) is 27.9 Å². The van der Waals surface area contributed by atoms with E-state index in [0.29, 0.717) is 30.0 Å². The lowest BCUT2D eigenvalue weighted by molar-refractivity contribution is -0.192. The molecule has 0 atom stereocenters. The van der Waals surface area contributed by atoms with Gasteiger partial charge in [-0.25, -0.2) is 9.59 Å². The number of nitrogens with zero attached hydrogens (tertiary/aromatic N) is 2. The van der Waals surface area contributed by atoms with E-state index >= 15 is 0 Å². The quantitative estimate of drug-likeness (QED) is 0.395. The fourth-order valence-electron chi connectivity index (χ4n) is 4.30. The van der Waals surface area contributed by atoms with Gasteiger partial charge >= 0.3 is 18.1 Å². The SMILES string of the molecule is O=C(Nc1ccc(N2CCN(Cc3ccc4c(c3)OCO4)CC2)c(C(=O)O)c1)c1ccccc1.O=C(O)C(F)(F)F. The van der Waals surface area contributed by atoms with Gasteiger partial charge in [0.15, 0.2) is 11.5 Å². The summed E-state index contributed by atoms with van der Waals surface area (Å²) in [6.45, 7) is 4.08. The predicted molar refractivity (Wildman–Crippen MR) is 142 cm³/mol. The molecule has 3 aromatic carbocycles. The van der Waals surface area contributed by atoms with Crippen molar-refractivity contribution in [2.24, 2.45) is 0 Å². The number of hydrogen-bond donors (Lipinski definition) is 3. The third-order valence-corrected chi connectivity index (χ3v) is 6.32. The number of piperazine rings is 1. The fraction of sp³-hybridized carbons (Fsp3) is 0.250. The molecule has 0 aliphatic carbocycles. The molecule has 3 aromatic rings. The van der Waals surface area contributed by atoms with Gasteiger partial charge in [0, 0.05) is 44.0 Å². The number of alkyl halides is 3. The van der Waals surface area contributed by atoms with Crippen molar-refractivity contribution in [3.05, 3.63) is 83.4 Å². The number of hydrogen-bond acceptors (Lipinski definition) is 7. The molecule has 10 nitrogen and oxygen atoms in total. The van der Waals surface area contributed by atoms with E-state index in [4.69, 9.17) is 19.4 Å². The number of amides is 1. The van der Waals surface area contributed by atoms with Gasteiger partial charge < -0.3 is 29.9 Å². The standard InChI is InChI=1S/C26H25N3O5.C2HF3O2/c30-25(19-4-2-1-3-5-19)27-20-7-8-22(21(15-20)26(31)32)29-12-10-28(11-13-29)16-18-6-9-23-24(14-18)34-17-33-23;3-2(4,5)1(6)7/h1-9,14-15H,10-13,16-17H2,(H,27,30)(H,31,32);(H,6,7). The number of anilines is 2. The van der Waals surface area contributed by atoms with Crippen molar-refractivity contribution in [3.63, 3.8) is 0 Å². The van der Waals surface area contributed by atoms with E-state index in [1.807, 2.05) is 24.3 Å². The number of ether oxygens (including phenoxy) is 2. The van der Waals surface area contributed by atoms with Gasteiger partial charge in [0.1, 0.15) is 0 Å². The minimum Gasteiger partial charge on any atom is -0.478 e. The van der Waals surface area contributed by atoms with Gasteiger partial charge in [-0.3, -0.25) is 9.69 Å². The minimum absolute atomic E-state index is 0.176. The Labute approximate surface area is 232 Å². The molecule has 41 heavy (non-hydrogen) atoms. The van der Waals surface area contributed by atoms with Crippen molar-refractivity contribution in [1.29, 1.82) is 0 Å². The average Bonchev–Trinajstić information content (AvgIpc) is 3.42. The molecule has 5 rings (SSSR count). The Morgan fingerprint density at radius 3 is 2.15 bits per heavy atom. The van der Waals surface area contributed by atoms with E-state index in [1.165, 1.54) is 6.07 Å². The first-order valence-electron chi connectivity index (χ1n) is 12.4. The summed E-state index contributed by atoms with van der Waals surface area (Å²) in [7, 11) is 0. The van der Waals surface area contributed by atoms with Crippen LogP contribution >= 0.6 is 0 Å². The maximum atomic E-state index is 12.4. The number of aromatic carboxylic acids is 1. The largest absolute Gasteiger partial charge is 0.490 e. The maximum Gasteiger partial charge on any atom is 0.490 e. The highest BCUT2D eigenvalue weighted by Gasteiger charge is 2.38. The van der Waals surface area contributed by atoms with Crippen molar-refractivity contribution in [2.75, 3.05) is 43.2 Å². The number of fused-ring (bicyclic) bond motifs is 1. The monoisotopic (exact) mass is 573 g/mol. The van der Waals surface area contributed by atoms with Crippen LogP contribution in [-0.4, -0.2) is 72.1 Å². The average molecular weight is 574 g/mol. The molecule has 0 aromatic heterocycles. The first-order chi connectivity index (χ1) is 19.5. The summed E-state index contributed by atoms with van der Waals surface area (Å²) in [5.74, 6) is -2.50. The second-order valence-electron chi connectivity index (χ2n) is 9.11. The number of nitrogens with one attached hydrogen (secondary N) is 1. The summed E-state index contributed by atoms with van der Waals surface area (Å²) in [6.07, 6.45) is -5.08. The second kappa shape index (κ2) is 12.6. The Bertz CT molecular complexity index is 1410. The molecule has 0 saturated carbocycles. The van der Waals surface area contributed by atoms with E-state index in [2.05, 4.69) is 15.1 Å². The number of carbonyl (C=O) groups is 3. The smallest absolute Gasteiger partial charge is 0.478 e. The van der Waals surface area contributed by atoms with Crippen LogP contribution in [0.25, 0.3) is 0 Å². The zero-order valence-corrected chi connectivity index (χ0v) is 21.6. The lowest BCUT2D eigenvalue weighted by Crippen LogP contribution is -2.46. The summed E-state index contributed by atoms with van der Waals surface area (Å²) in [5, 5.41) is 19.7. The van der Waals surface area contributed by atoms with Gasteiger partial charge in [-0.2, -0.15) is 13.2 Å². The topological polar surface area (TPSA) is 129 Å². The van der Waals surface area contributed by atoms with E-state index < -0.39 is 18.1 Å². The predicted octanol–water partition coefficient (Wildman–Crippen LogP) is 4.32. The Hall–Kier alpha value is -4.78. The van der Waals surface area contributed by atoms with Crippen LogP contribution in [0.1, 0.15) is 26.3 Å². The highest BCUT2D eigenvalue weighted by molar-refractivity contribution is 6.05. The first-order valence-corrected chi connectivity index (χ1v) is 12.4. The molecule has 0 radical (unpaired) electrons. The van der Waals surface area contributed by atoms with Gasteiger partial charge in [0.05, 0.1) is 11.3 Å². The van der Waals surface area contributed by atoms with Crippen molar-refractivity contribution in [3.8, 4) is 11.5 Å². The molecule has 1 fully saturated rings. The number of carboxylic acids is 2. The summed E-state index contributed by atoms with van der Waals surface area (Å²) < 4.78 is 42.6. The summed E-state index contributed by atoms with van der Waals surface area (Å²) >= 11 is 0. The normalized spacial score (nSPS) is 14.6. The third kappa shape index (κ3) is 7.66. The van der Waals surface area contributed by atoms with Crippen LogP contribution in [0.3, 0.4) is 0 Å². The molecule has 1 amide bonds. The molecule has 0 unspecified atom stereocenters. The fourth-order valence-corrected chi connectivity index (χ4v) is 4.30. The number of benzene rings is 3.